The van der Waals surface area contributed by atoms with E-state index in [0.29, 0.717) is 15.9 Å². The van der Waals surface area contributed by atoms with E-state index in [-0.39, 0.29) is 11.9 Å². The molecule has 0 fully saturated rings. The van der Waals surface area contributed by atoms with Gasteiger partial charge in [0.15, 0.2) is 0 Å². The molecular weight excluding hydrogens is 331 g/mol. The molecule has 2 nitrogen and oxygen atoms in total. The lowest BCUT2D eigenvalue weighted by Crippen LogP contribution is -2.29. The maximum Gasteiger partial charge on any atom is 0.137 e. The number of hydrogen-bond donors (Lipinski definition) is 2. The van der Waals surface area contributed by atoms with Gasteiger partial charge < -0.3 is 0 Å². The predicted molar refractivity (Wildman–Crippen MR) is 79.3 cm³/mol. The minimum atomic E-state index is -0.271. The third-order valence-electron chi connectivity index (χ3n) is 2.90. The molecule has 0 bridgehead atoms. The lowest BCUT2D eigenvalue weighted by Gasteiger charge is -2.16. The molecule has 0 aliphatic rings. The first-order valence-corrected chi connectivity index (χ1v) is 6.93. The SMILES string of the molecule is NNC(Cc1ccc(F)c(Br)c1)c1ccc(Cl)cc1. The van der Waals surface area contributed by atoms with E-state index in [1.807, 2.05) is 24.3 Å². The van der Waals surface area contributed by atoms with Gasteiger partial charge in [-0.2, -0.15) is 0 Å². The third kappa shape index (κ3) is 3.76. The highest BCUT2D eigenvalue weighted by atomic mass is 79.9. The molecule has 0 aliphatic carbocycles. The van der Waals surface area contributed by atoms with Crippen LogP contribution in [0.2, 0.25) is 5.02 Å². The van der Waals surface area contributed by atoms with Crippen molar-refractivity contribution in [3.63, 3.8) is 0 Å². The van der Waals surface area contributed by atoms with Crippen LogP contribution in [0.3, 0.4) is 0 Å². The number of halogens is 3. The van der Waals surface area contributed by atoms with Gasteiger partial charge in [0, 0.05) is 11.1 Å². The second kappa shape index (κ2) is 6.48. The summed E-state index contributed by atoms with van der Waals surface area (Å²) in [5.41, 5.74) is 4.79. The van der Waals surface area contributed by atoms with Gasteiger partial charge in [-0.25, -0.2) is 4.39 Å². The summed E-state index contributed by atoms with van der Waals surface area (Å²) in [5.74, 6) is 5.32. The molecule has 100 valence electrons. The number of hydrogen-bond acceptors (Lipinski definition) is 2. The van der Waals surface area contributed by atoms with Crippen LogP contribution in [0.15, 0.2) is 46.9 Å². The highest BCUT2D eigenvalue weighted by Crippen LogP contribution is 2.23. The molecule has 1 unspecified atom stereocenters. The van der Waals surface area contributed by atoms with Crippen molar-refractivity contribution in [1.29, 1.82) is 0 Å². The van der Waals surface area contributed by atoms with E-state index < -0.39 is 0 Å². The standard InChI is InChI=1S/C14H13BrClFN2/c15-12-7-9(1-6-13(12)17)8-14(19-18)10-2-4-11(16)5-3-10/h1-7,14,19H,8,18H2. The summed E-state index contributed by atoms with van der Waals surface area (Å²) < 4.78 is 13.6. The molecule has 2 rings (SSSR count). The maximum absolute atomic E-state index is 13.2. The van der Waals surface area contributed by atoms with Gasteiger partial charge in [-0.3, -0.25) is 11.3 Å². The van der Waals surface area contributed by atoms with E-state index in [9.17, 15) is 4.39 Å². The van der Waals surface area contributed by atoms with Crippen LogP contribution in [0, 0.1) is 5.82 Å². The molecule has 2 aromatic rings. The summed E-state index contributed by atoms with van der Waals surface area (Å²) in [6, 6.07) is 12.4. The predicted octanol–water partition coefficient (Wildman–Crippen LogP) is 3.99. The highest BCUT2D eigenvalue weighted by Gasteiger charge is 2.11. The van der Waals surface area contributed by atoms with Crippen molar-refractivity contribution in [2.75, 3.05) is 0 Å². The second-order valence-corrected chi connectivity index (χ2v) is 5.51. The van der Waals surface area contributed by atoms with E-state index in [4.69, 9.17) is 17.4 Å². The fourth-order valence-electron chi connectivity index (χ4n) is 1.87. The van der Waals surface area contributed by atoms with Gasteiger partial charge in [-0.05, 0) is 57.7 Å². The van der Waals surface area contributed by atoms with Crippen molar-refractivity contribution in [1.82, 2.24) is 5.43 Å². The summed E-state index contributed by atoms with van der Waals surface area (Å²) in [6.07, 6.45) is 0.664. The second-order valence-electron chi connectivity index (χ2n) is 4.22. The quantitative estimate of drug-likeness (QED) is 0.651. The largest absolute Gasteiger partial charge is 0.271 e. The van der Waals surface area contributed by atoms with Crippen LogP contribution in [0.5, 0.6) is 0 Å². The minimum Gasteiger partial charge on any atom is -0.271 e. The van der Waals surface area contributed by atoms with E-state index in [1.165, 1.54) is 6.07 Å². The van der Waals surface area contributed by atoms with Gasteiger partial charge >= 0.3 is 0 Å². The summed E-state index contributed by atoms with van der Waals surface area (Å²) in [5, 5.41) is 0.684. The molecule has 0 aromatic heterocycles. The minimum absolute atomic E-state index is 0.0466. The molecule has 19 heavy (non-hydrogen) atoms. The van der Waals surface area contributed by atoms with Gasteiger partial charge in [-0.1, -0.05) is 29.8 Å². The van der Waals surface area contributed by atoms with Gasteiger partial charge in [0.25, 0.3) is 0 Å². The first kappa shape index (κ1) is 14.5. The Labute approximate surface area is 124 Å². The molecule has 0 heterocycles. The molecule has 1 atom stereocenters. The molecule has 2 aromatic carbocycles. The van der Waals surface area contributed by atoms with Crippen LogP contribution < -0.4 is 11.3 Å². The summed E-state index contributed by atoms with van der Waals surface area (Å²) in [7, 11) is 0. The van der Waals surface area contributed by atoms with Gasteiger partial charge in [-0.15, -0.1) is 0 Å². The fourth-order valence-corrected chi connectivity index (χ4v) is 2.42. The smallest absolute Gasteiger partial charge is 0.137 e. The molecule has 0 spiro atoms. The van der Waals surface area contributed by atoms with Gasteiger partial charge in [0.1, 0.15) is 5.82 Å². The number of benzene rings is 2. The zero-order valence-corrected chi connectivity index (χ0v) is 12.4. The van der Waals surface area contributed by atoms with Crippen molar-refractivity contribution in [3.8, 4) is 0 Å². The van der Waals surface area contributed by atoms with Crippen molar-refractivity contribution < 1.29 is 4.39 Å². The Morgan fingerprint density at radius 1 is 1.21 bits per heavy atom. The molecule has 3 N–H and O–H groups in total. The van der Waals surface area contributed by atoms with Crippen LogP contribution in [-0.4, -0.2) is 0 Å². The molecule has 0 radical (unpaired) electrons. The molecule has 0 saturated carbocycles. The zero-order chi connectivity index (χ0) is 13.8. The molecule has 0 aliphatic heterocycles. The van der Waals surface area contributed by atoms with Crippen LogP contribution in [-0.2, 0) is 6.42 Å². The van der Waals surface area contributed by atoms with Gasteiger partial charge in [0.2, 0.25) is 0 Å². The van der Waals surface area contributed by atoms with Crippen LogP contribution in [0.4, 0.5) is 4.39 Å². The Bertz CT molecular complexity index is 560. The first-order chi connectivity index (χ1) is 9.10. The summed E-state index contributed by atoms with van der Waals surface area (Å²) >= 11 is 9.04. The Balaban J connectivity index is 2.18. The number of hydrazine groups is 1. The fraction of sp³-hybridized carbons (Fsp3) is 0.143. The van der Waals surface area contributed by atoms with Crippen molar-refractivity contribution in [2.45, 2.75) is 12.5 Å². The topological polar surface area (TPSA) is 38.0 Å². The van der Waals surface area contributed by atoms with E-state index >= 15 is 0 Å². The number of nitrogens with two attached hydrogens (primary N) is 1. The molecular formula is C14H13BrClFN2. The number of nitrogens with one attached hydrogen (secondary N) is 1. The summed E-state index contributed by atoms with van der Waals surface area (Å²) in [4.78, 5) is 0. The molecule has 5 heteroatoms. The molecule has 0 amide bonds. The lowest BCUT2D eigenvalue weighted by atomic mass is 9.99. The monoisotopic (exact) mass is 342 g/mol. The van der Waals surface area contributed by atoms with E-state index in [1.54, 1.807) is 12.1 Å². The van der Waals surface area contributed by atoms with E-state index in [0.717, 1.165) is 11.1 Å². The Morgan fingerprint density at radius 3 is 2.47 bits per heavy atom. The van der Waals surface area contributed by atoms with Crippen molar-refractivity contribution in [2.24, 2.45) is 5.84 Å². The zero-order valence-electron chi connectivity index (χ0n) is 10.0. The van der Waals surface area contributed by atoms with Crippen molar-refractivity contribution >= 4 is 27.5 Å². The summed E-state index contributed by atoms with van der Waals surface area (Å²) in [6.45, 7) is 0. The Kier molecular flexibility index (Phi) is 4.93. The van der Waals surface area contributed by atoms with Crippen molar-refractivity contribution in [3.05, 3.63) is 68.9 Å². The third-order valence-corrected chi connectivity index (χ3v) is 3.76. The number of rotatable bonds is 4. The Morgan fingerprint density at radius 2 is 1.89 bits per heavy atom. The van der Waals surface area contributed by atoms with Crippen LogP contribution >= 0.6 is 27.5 Å². The normalized spacial score (nSPS) is 12.4. The van der Waals surface area contributed by atoms with Crippen LogP contribution in [0.1, 0.15) is 17.2 Å². The van der Waals surface area contributed by atoms with Crippen LogP contribution in [0.25, 0.3) is 0 Å². The van der Waals surface area contributed by atoms with E-state index in [2.05, 4.69) is 21.4 Å². The van der Waals surface area contributed by atoms with Gasteiger partial charge in [0.05, 0.1) is 4.47 Å². The lowest BCUT2D eigenvalue weighted by molar-refractivity contribution is 0.550. The Hall–Kier alpha value is -0.940. The highest BCUT2D eigenvalue weighted by molar-refractivity contribution is 9.10. The molecule has 0 saturated heterocycles. The first-order valence-electron chi connectivity index (χ1n) is 5.75. The average molecular weight is 344 g/mol. The average Bonchev–Trinajstić information content (AvgIpc) is 2.41. The maximum atomic E-state index is 13.2.